The minimum absolute atomic E-state index is 0.0895. The maximum atomic E-state index is 12.9. The van der Waals surface area contributed by atoms with Crippen molar-refractivity contribution in [2.75, 3.05) is 11.5 Å². The summed E-state index contributed by atoms with van der Waals surface area (Å²) in [5.41, 5.74) is 0.649. The van der Waals surface area contributed by atoms with Crippen LogP contribution in [0.4, 0.5) is 5.69 Å². The van der Waals surface area contributed by atoms with Crippen LogP contribution in [0.2, 0.25) is 5.02 Å². The van der Waals surface area contributed by atoms with Gasteiger partial charge in [-0.3, -0.25) is 19.2 Å². The highest BCUT2D eigenvalue weighted by atomic mass is 35.5. The van der Waals surface area contributed by atoms with E-state index in [1.54, 1.807) is 18.2 Å². The summed E-state index contributed by atoms with van der Waals surface area (Å²) in [6, 6.07) is 5.11. The van der Waals surface area contributed by atoms with Crippen molar-refractivity contribution < 1.29 is 19.2 Å². The number of amides is 3. The molecule has 3 amide bonds. The van der Waals surface area contributed by atoms with Crippen molar-refractivity contribution in [3.63, 3.8) is 0 Å². The lowest BCUT2D eigenvalue weighted by Gasteiger charge is -2.20. The molecule has 4 atom stereocenters. The SMILES string of the molecule is CC1(C)CON(Cc2ccc(N3C(=O)[C@H]4[C@H](C3=O)[C@H]3C=C[C@H]4C3)cc2Cl)C1=O. The van der Waals surface area contributed by atoms with E-state index in [0.29, 0.717) is 22.9 Å². The van der Waals surface area contributed by atoms with Crippen LogP contribution in [0.1, 0.15) is 25.8 Å². The summed E-state index contributed by atoms with van der Waals surface area (Å²) in [6.45, 7) is 4.23. The van der Waals surface area contributed by atoms with E-state index in [4.69, 9.17) is 16.4 Å². The quantitative estimate of drug-likeness (QED) is 0.578. The van der Waals surface area contributed by atoms with Crippen molar-refractivity contribution >= 4 is 35.0 Å². The molecule has 2 saturated heterocycles. The number of benzene rings is 1. The number of anilines is 1. The average molecular weight is 401 g/mol. The zero-order valence-electron chi connectivity index (χ0n) is 15.7. The maximum absolute atomic E-state index is 12.9. The van der Waals surface area contributed by atoms with Gasteiger partial charge in [0.2, 0.25) is 11.8 Å². The standard InChI is InChI=1S/C21H21ClN2O4/c1-21(2)10-28-23(20(21)27)9-13-5-6-14(8-15(13)22)24-18(25)16-11-3-4-12(7-11)17(16)19(24)26/h3-6,8,11-12,16-17H,7,9-10H2,1-2H3/t11-,12-,16+,17+/m0/s1. The van der Waals surface area contributed by atoms with Gasteiger partial charge < -0.3 is 0 Å². The van der Waals surface area contributed by atoms with Crippen LogP contribution >= 0.6 is 11.6 Å². The van der Waals surface area contributed by atoms with Gasteiger partial charge in [-0.15, -0.1) is 0 Å². The number of halogens is 1. The largest absolute Gasteiger partial charge is 0.274 e. The van der Waals surface area contributed by atoms with E-state index >= 15 is 0 Å². The van der Waals surface area contributed by atoms with Crippen LogP contribution in [0.5, 0.6) is 0 Å². The van der Waals surface area contributed by atoms with Crippen LogP contribution in [-0.4, -0.2) is 29.4 Å². The van der Waals surface area contributed by atoms with Crippen molar-refractivity contribution in [2.45, 2.75) is 26.8 Å². The molecule has 7 heteroatoms. The third kappa shape index (κ3) is 2.40. The minimum atomic E-state index is -0.550. The lowest BCUT2D eigenvalue weighted by atomic mass is 9.85. The highest BCUT2D eigenvalue weighted by Crippen LogP contribution is 2.53. The van der Waals surface area contributed by atoms with Crippen molar-refractivity contribution in [3.8, 4) is 0 Å². The van der Waals surface area contributed by atoms with Gasteiger partial charge in [0, 0.05) is 5.02 Å². The highest BCUT2D eigenvalue weighted by molar-refractivity contribution is 6.32. The smallest absolute Gasteiger partial charge is 0.254 e. The molecule has 146 valence electrons. The molecular weight excluding hydrogens is 380 g/mol. The second-order valence-electron chi connectivity index (χ2n) is 8.79. The van der Waals surface area contributed by atoms with Gasteiger partial charge in [-0.05, 0) is 49.8 Å². The number of hydrogen-bond acceptors (Lipinski definition) is 4. The number of carbonyl (C=O) groups is 3. The van der Waals surface area contributed by atoms with E-state index in [2.05, 4.69) is 12.2 Å². The predicted octanol–water partition coefficient (Wildman–Crippen LogP) is 2.95. The molecule has 0 radical (unpaired) electrons. The average Bonchev–Trinajstić information content (AvgIpc) is 3.37. The van der Waals surface area contributed by atoms with E-state index in [1.807, 2.05) is 13.8 Å². The van der Waals surface area contributed by atoms with Crippen molar-refractivity contribution in [1.82, 2.24) is 5.06 Å². The van der Waals surface area contributed by atoms with Crippen LogP contribution < -0.4 is 4.90 Å². The molecule has 2 aliphatic carbocycles. The molecule has 3 fully saturated rings. The van der Waals surface area contributed by atoms with Crippen LogP contribution in [-0.2, 0) is 25.8 Å². The summed E-state index contributed by atoms with van der Waals surface area (Å²) < 4.78 is 0. The monoisotopic (exact) mass is 400 g/mol. The Balaban J connectivity index is 1.38. The van der Waals surface area contributed by atoms with E-state index in [-0.39, 0.29) is 47.9 Å². The van der Waals surface area contributed by atoms with Crippen LogP contribution in [0.15, 0.2) is 30.4 Å². The third-order valence-electron chi connectivity index (χ3n) is 6.47. The third-order valence-corrected chi connectivity index (χ3v) is 6.82. The van der Waals surface area contributed by atoms with Crippen molar-refractivity contribution in [1.29, 1.82) is 0 Å². The van der Waals surface area contributed by atoms with E-state index in [0.717, 1.165) is 6.42 Å². The molecule has 0 spiro atoms. The molecule has 0 unspecified atom stereocenters. The molecule has 2 bridgehead atoms. The summed E-state index contributed by atoms with van der Waals surface area (Å²) >= 11 is 6.44. The first-order chi connectivity index (χ1) is 13.3. The highest BCUT2D eigenvalue weighted by Gasteiger charge is 2.59. The molecule has 5 rings (SSSR count). The number of nitrogens with zero attached hydrogens (tertiary/aromatic N) is 2. The van der Waals surface area contributed by atoms with Crippen LogP contribution in [0.3, 0.4) is 0 Å². The summed E-state index contributed by atoms with van der Waals surface area (Å²) in [6.07, 6.45) is 5.05. The molecule has 0 N–H and O–H groups in total. The van der Waals surface area contributed by atoms with Gasteiger partial charge in [0.1, 0.15) is 0 Å². The second-order valence-corrected chi connectivity index (χ2v) is 9.19. The molecule has 2 aliphatic heterocycles. The lowest BCUT2D eigenvalue weighted by molar-refractivity contribution is -0.165. The molecule has 1 aromatic carbocycles. The Kier molecular flexibility index (Phi) is 3.77. The summed E-state index contributed by atoms with van der Waals surface area (Å²) in [5.74, 6) is -0.474. The maximum Gasteiger partial charge on any atom is 0.254 e. The fraction of sp³-hybridized carbons (Fsp3) is 0.476. The Morgan fingerprint density at radius 1 is 1.11 bits per heavy atom. The molecule has 1 saturated carbocycles. The van der Waals surface area contributed by atoms with E-state index in [1.165, 1.54) is 9.96 Å². The normalized spacial score (nSPS) is 32.8. The number of imide groups is 1. The second kappa shape index (κ2) is 5.91. The van der Waals surface area contributed by atoms with Crippen molar-refractivity contribution in [2.24, 2.45) is 29.1 Å². The van der Waals surface area contributed by atoms with Crippen LogP contribution in [0, 0.1) is 29.1 Å². The number of carbonyl (C=O) groups excluding carboxylic acids is 3. The first-order valence-electron chi connectivity index (χ1n) is 9.57. The lowest BCUT2D eigenvalue weighted by Crippen LogP contribution is -2.33. The van der Waals surface area contributed by atoms with Gasteiger partial charge in [-0.1, -0.05) is 29.8 Å². The predicted molar refractivity (Wildman–Crippen MR) is 102 cm³/mol. The number of hydrogen-bond donors (Lipinski definition) is 0. The topological polar surface area (TPSA) is 66.9 Å². The molecule has 28 heavy (non-hydrogen) atoms. The summed E-state index contributed by atoms with van der Waals surface area (Å²) in [7, 11) is 0. The molecular formula is C21H21ClN2O4. The Bertz CT molecular complexity index is 910. The molecule has 4 aliphatic rings. The minimum Gasteiger partial charge on any atom is -0.274 e. The zero-order chi connectivity index (χ0) is 19.8. The van der Waals surface area contributed by atoms with Gasteiger partial charge in [-0.2, -0.15) is 0 Å². The molecule has 6 nitrogen and oxygen atoms in total. The summed E-state index contributed by atoms with van der Waals surface area (Å²) in [4.78, 5) is 45.0. The Morgan fingerprint density at radius 3 is 2.29 bits per heavy atom. The van der Waals surface area contributed by atoms with Crippen LogP contribution in [0.25, 0.3) is 0 Å². The number of hydroxylamine groups is 2. The molecule has 0 aromatic heterocycles. The fourth-order valence-electron chi connectivity index (χ4n) is 4.93. The molecule has 1 aromatic rings. The van der Waals surface area contributed by atoms with Gasteiger partial charge in [0.15, 0.2) is 0 Å². The van der Waals surface area contributed by atoms with Gasteiger partial charge >= 0.3 is 0 Å². The Hall–Kier alpha value is -2.18. The Morgan fingerprint density at radius 2 is 1.75 bits per heavy atom. The zero-order valence-corrected chi connectivity index (χ0v) is 16.5. The number of allylic oxidation sites excluding steroid dienone is 2. The fourth-order valence-corrected chi connectivity index (χ4v) is 5.16. The number of fused-ring (bicyclic) bond motifs is 5. The number of rotatable bonds is 3. The van der Waals surface area contributed by atoms with Gasteiger partial charge in [0.25, 0.3) is 5.91 Å². The first kappa shape index (κ1) is 17.9. The molecule has 2 heterocycles. The van der Waals surface area contributed by atoms with Gasteiger partial charge in [-0.25, -0.2) is 9.96 Å². The Labute approximate surface area is 168 Å². The summed E-state index contributed by atoms with van der Waals surface area (Å²) in [5, 5.41) is 1.72. The first-order valence-corrected chi connectivity index (χ1v) is 9.95. The van der Waals surface area contributed by atoms with E-state index in [9.17, 15) is 14.4 Å². The van der Waals surface area contributed by atoms with Crippen molar-refractivity contribution in [3.05, 3.63) is 40.9 Å². The van der Waals surface area contributed by atoms with E-state index < -0.39 is 5.41 Å². The van der Waals surface area contributed by atoms with Gasteiger partial charge in [0.05, 0.1) is 36.1 Å².